The lowest BCUT2D eigenvalue weighted by atomic mass is 9.93. The van der Waals surface area contributed by atoms with Gasteiger partial charge in [-0.05, 0) is 55.5 Å². The van der Waals surface area contributed by atoms with E-state index in [-0.39, 0.29) is 0 Å². The Hall–Kier alpha value is -1.52. The van der Waals surface area contributed by atoms with Crippen molar-refractivity contribution in [2.24, 2.45) is 0 Å². The summed E-state index contributed by atoms with van der Waals surface area (Å²) in [5, 5.41) is 7.09. The molecule has 4 aromatic rings. The average molecular weight is 504 g/mol. The topological polar surface area (TPSA) is 18.5 Å². The van der Waals surface area contributed by atoms with Crippen LogP contribution in [0.5, 0.6) is 11.5 Å². The zero-order chi connectivity index (χ0) is 19.7. The van der Waals surface area contributed by atoms with Gasteiger partial charge >= 0.3 is 0 Å². The smallest absolute Gasteiger partial charge is 0.169 e. The Balaban J connectivity index is 2.08. The Morgan fingerprint density at radius 3 is 1.43 bits per heavy atom. The van der Waals surface area contributed by atoms with Gasteiger partial charge in [0.25, 0.3) is 0 Å². The summed E-state index contributed by atoms with van der Waals surface area (Å²) >= 11 is 7.60. The lowest BCUT2D eigenvalue weighted by Crippen LogP contribution is -2.04. The fourth-order valence-corrected chi connectivity index (χ4v) is 4.88. The first-order valence-electron chi connectivity index (χ1n) is 10.0. The molecule has 0 fully saturated rings. The maximum absolute atomic E-state index is 6.34. The predicted molar refractivity (Wildman–Crippen MR) is 126 cm³/mol. The van der Waals surface area contributed by atoms with Gasteiger partial charge in [0.05, 0.1) is 13.2 Å². The van der Waals surface area contributed by atoms with Crippen LogP contribution in [-0.2, 0) is 0 Å². The van der Waals surface area contributed by atoms with Crippen LogP contribution in [0.4, 0.5) is 0 Å². The number of benzene rings is 4. The van der Waals surface area contributed by atoms with Gasteiger partial charge in [-0.2, -0.15) is 0 Å². The molecular weight excluding hydrogens is 480 g/mol. The molecule has 0 bridgehead atoms. The van der Waals surface area contributed by atoms with E-state index in [1.54, 1.807) is 0 Å². The molecular formula is C24H24Br2O2. The van der Waals surface area contributed by atoms with E-state index in [1.165, 1.54) is 21.5 Å². The molecule has 0 atom stereocenters. The van der Waals surface area contributed by atoms with Crippen LogP contribution in [0.3, 0.4) is 0 Å². The molecule has 0 unspecified atom stereocenters. The standard InChI is InChI=1S/C24H24Br2O2/c1-3-5-13-27-23-17-11-7-9-15-19(17)20-16(22(26)21(15)25)10-8-12-18(20)24(23)28-14-6-4-2/h7-12H,3-6,13-14H2,1-2H3. The van der Waals surface area contributed by atoms with Crippen molar-refractivity contribution in [2.75, 3.05) is 13.2 Å². The number of halogens is 2. The van der Waals surface area contributed by atoms with Crippen LogP contribution in [0.1, 0.15) is 39.5 Å². The number of ether oxygens (including phenoxy) is 2. The van der Waals surface area contributed by atoms with Crippen molar-refractivity contribution in [3.63, 3.8) is 0 Å². The lowest BCUT2D eigenvalue weighted by molar-refractivity contribution is 0.267. The molecule has 0 aliphatic rings. The number of rotatable bonds is 8. The fourth-order valence-electron chi connectivity index (χ4n) is 3.79. The first kappa shape index (κ1) is 19.8. The van der Waals surface area contributed by atoms with Crippen molar-refractivity contribution >= 4 is 64.2 Å². The minimum Gasteiger partial charge on any atom is -0.489 e. The van der Waals surface area contributed by atoms with Gasteiger partial charge in [-0.3, -0.25) is 0 Å². The van der Waals surface area contributed by atoms with Crippen molar-refractivity contribution in [2.45, 2.75) is 39.5 Å². The highest BCUT2D eigenvalue weighted by Gasteiger charge is 2.22. The molecule has 0 heterocycles. The average Bonchev–Trinajstić information content (AvgIpc) is 2.72. The summed E-state index contributed by atoms with van der Waals surface area (Å²) in [7, 11) is 0. The predicted octanol–water partition coefficient (Wildman–Crippen LogP) is 8.47. The Morgan fingerprint density at radius 1 is 0.643 bits per heavy atom. The first-order valence-corrected chi connectivity index (χ1v) is 11.6. The Bertz CT molecular complexity index is 1030. The van der Waals surface area contributed by atoms with E-state index in [4.69, 9.17) is 9.47 Å². The Kier molecular flexibility index (Phi) is 5.98. The van der Waals surface area contributed by atoms with Crippen LogP contribution in [0.2, 0.25) is 0 Å². The van der Waals surface area contributed by atoms with Crippen molar-refractivity contribution in [3.8, 4) is 11.5 Å². The minimum atomic E-state index is 0.700. The van der Waals surface area contributed by atoms with E-state index in [2.05, 4.69) is 82.1 Å². The molecule has 0 amide bonds. The molecule has 0 aromatic heterocycles. The molecule has 0 spiro atoms. The van der Waals surface area contributed by atoms with Gasteiger partial charge in [0, 0.05) is 30.5 Å². The van der Waals surface area contributed by atoms with Crippen LogP contribution in [0.15, 0.2) is 45.3 Å². The van der Waals surface area contributed by atoms with Gasteiger partial charge in [-0.25, -0.2) is 0 Å². The normalized spacial score (nSPS) is 11.7. The molecule has 4 aromatic carbocycles. The van der Waals surface area contributed by atoms with Gasteiger partial charge in [0.15, 0.2) is 11.5 Å². The maximum Gasteiger partial charge on any atom is 0.169 e. The van der Waals surface area contributed by atoms with E-state index in [9.17, 15) is 0 Å². The highest BCUT2D eigenvalue weighted by molar-refractivity contribution is 9.13. The van der Waals surface area contributed by atoms with Crippen LogP contribution in [0, 0.1) is 0 Å². The highest BCUT2D eigenvalue weighted by Crippen LogP contribution is 2.51. The van der Waals surface area contributed by atoms with Gasteiger partial charge < -0.3 is 9.47 Å². The molecule has 28 heavy (non-hydrogen) atoms. The van der Waals surface area contributed by atoms with Crippen molar-refractivity contribution in [3.05, 3.63) is 45.3 Å². The second-order valence-corrected chi connectivity index (χ2v) is 8.73. The number of hydrogen-bond acceptors (Lipinski definition) is 2. The molecule has 4 heteroatoms. The third-order valence-corrected chi connectivity index (χ3v) is 7.41. The second-order valence-electron chi connectivity index (χ2n) is 7.15. The molecule has 2 nitrogen and oxygen atoms in total. The highest BCUT2D eigenvalue weighted by atomic mass is 79.9. The zero-order valence-corrected chi connectivity index (χ0v) is 19.5. The van der Waals surface area contributed by atoms with Crippen LogP contribution < -0.4 is 9.47 Å². The number of hydrogen-bond donors (Lipinski definition) is 0. The van der Waals surface area contributed by atoms with Gasteiger partial charge in [-0.1, -0.05) is 63.1 Å². The first-order chi connectivity index (χ1) is 13.7. The lowest BCUT2D eigenvalue weighted by Gasteiger charge is -2.21. The molecule has 0 saturated heterocycles. The van der Waals surface area contributed by atoms with E-state index in [0.717, 1.165) is 56.9 Å². The summed E-state index contributed by atoms with van der Waals surface area (Å²) in [6.07, 6.45) is 4.27. The van der Waals surface area contributed by atoms with Gasteiger partial charge in [0.2, 0.25) is 0 Å². The summed E-state index contributed by atoms with van der Waals surface area (Å²) in [6.45, 7) is 5.77. The van der Waals surface area contributed by atoms with E-state index in [1.807, 2.05) is 0 Å². The van der Waals surface area contributed by atoms with Crippen LogP contribution in [-0.4, -0.2) is 13.2 Å². The van der Waals surface area contributed by atoms with E-state index in [0.29, 0.717) is 13.2 Å². The van der Waals surface area contributed by atoms with Crippen LogP contribution >= 0.6 is 31.9 Å². The largest absolute Gasteiger partial charge is 0.489 e. The SMILES string of the molecule is CCCCOc1c(OCCCC)c2cccc3c(Br)c(Br)c4cccc1c4c32. The van der Waals surface area contributed by atoms with Crippen LogP contribution in [0.25, 0.3) is 32.3 Å². The summed E-state index contributed by atoms with van der Waals surface area (Å²) in [4.78, 5) is 0. The van der Waals surface area contributed by atoms with Crippen molar-refractivity contribution in [1.29, 1.82) is 0 Å². The quantitative estimate of drug-likeness (QED) is 0.177. The summed E-state index contributed by atoms with van der Waals surface area (Å²) in [5.41, 5.74) is 0. The minimum absolute atomic E-state index is 0.700. The van der Waals surface area contributed by atoms with Crippen molar-refractivity contribution < 1.29 is 9.47 Å². The molecule has 0 aliphatic heterocycles. The van der Waals surface area contributed by atoms with Gasteiger partial charge in [0.1, 0.15) is 0 Å². The zero-order valence-electron chi connectivity index (χ0n) is 16.3. The molecule has 0 radical (unpaired) electrons. The Labute approximate surface area is 182 Å². The summed E-state index contributed by atoms with van der Waals surface area (Å²) < 4.78 is 14.8. The fraction of sp³-hybridized carbons (Fsp3) is 0.333. The molecule has 0 saturated carbocycles. The molecule has 146 valence electrons. The van der Waals surface area contributed by atoms with E-state index >= 15 is 0 Å². The third-order valence-electron chi connectivity index (χ3n) is 5.23. The second kappa shape index (κ2) is 8.46. The maximum atomic E-state index is 6.34. The van der Waals surface area contributed by atoms with Gasteiger partial charge in [-0.15, -0.1) is 0 Å². The molecule has 0 aliphatic carbocycles. The molecule has 4 rings (SSSR count). The Morgan fingerprint density at radius 2 is 1.04 bits per heavy atom. The van der Waals surface area contributed by atoms with E-state index < -0.39 is 0 Å². The monoisotopic (exact) mass is 502 g/mol. The third kappa shape index (κ3) is 3.25. The summed E-state index contributed by atoms with van der Waals surface area (Å²) in [5.74, 6) is 1.76. The summed E-state index contributed by atoms with van der Waals surface area (Å²) in [6, 6.07) is 12.8. The molecule has 0 N–H and O–H groups in total. The number of unbranched alkanes of at least 4 members (excludes halogenated alkanes) is 2. The van der Waals surface area contributed by atoms with Crippen molar-refractivity contribution in [1.82, 2.24) is 0 Å².